The number of hydrazone groups is 1. The minimum atomic E-state index is -4.06. The minimum Gasteiger partial charge on any atom is -0.489 e. The molecule has 0 unspecified atom stereocenters. The van der Waals surface area contributed by atoms with Crippen LogP contribution in [0.3, 0.4) is 0 Å². The number of amides is 1. The van der Waals surface area contributed by atoms with Gasteiger partial charge in [0.1, 0.15) is 12.4 Å². The van der Waals surface area contributed by atoms with E-state index in [2.05, 4.69) is 10.5 Å². The lowest BCUT2D eigenvalue weighted by Gasteiger charge is -2.26. The summed E-state index contributed by atoms with van der Waals surface area (Å²) in [7, 11) is -4.06. The normalized spacial score (nSPS) is 11.4. The molecule has 228 valence electrons. The Morgan fingerprint density at radius 2 is 1.40 bits per heavy atom. The summed E-state index contributed by atoms with van der Waals surface area (Å²) in [5.41, 5.74) is 6.23. The molecule has 0 radical (unpaired) electrons. The van der Waals surface area contributed by atoms with E-state index in [1.165, 1.54) is 10.5 Å². The van der Waals surface area contributed by atoms with Crippen molar-refractivity contribution in [3.8, 4) is 5.75 Å². The average molecular weight is 659 g/mol. The van der Waals surface area contributed by atoms with Gasteiger partial charge >= 0.3 is 0 Å². The maximum atomic E-state index is 14.0. The monoisotopic (exact) mass is 657 g/mol. The van der Waals surface area contributed by atoms with Crippen LogP contribution in [0.5, 0.6) is 5.75 Å². The number of carbonyl (C=O) groups excluding carboxylic acids is 1. The molecule has 0 aliphatic rings. The summed E-state index contributed by atoms with van der Waals surface area (Å²) in [6.45, 7) is 2.26. The van der Waals surface area contributed by atoms with E-state index < -0.39 is 15.9 Å². The molecule has 0 heterocycles. The Balaban J connectivity index is 1.33. The van der Waals surface area contributed by atoms with Gasteiger partial charge in [-0.1, -0.05) is 77.3 Å². The number of para-hydroxylation sites is 1. The molecule has 1 N–H and O–H groups in total. The second-order valence-corrected chi connectivity index (χ2v) is 12.9. The van der Waals surface area contributed by atoms with Gasteiger partial charge in [-0.25, -0.2) is 13.8 Å². The number of benzene rings is 5. The molecule has 0 saturated carbocycles. The zero-order valence-corrected chi connectivity index (χ0v) is 26.6. The summed E-state index contributed by atoms with van der Waals surface area (Å²) in [6.07, 6.45) is 1.50. The molecule has 45 heavy (non-hydrogen) atoms. The Kier molecular flexibility index (Phi) is 10.2. The first-order valence-electron chi connectivity index (χ1n) is 13.9. The quantitative estimate of drug-likeness (QED) is 0.115. The van der Waals surface area contributed by atoms with E-state index >= 15 is 0 Å². The van der Waals surface area contributed by atoms with Crippen molar-refractivity contribution in [1.29, 1.82) is 0 Å². The van der Waals surface area contributed by atoms with Gasteiger partial charge in [0.15, 0.2) is 0 Å². The van der Waals surface area contributed by atoms with E-state index in [9.17, 15) is 13.2 Å². The maximum Gasteiger partial charge on any atom is 0.273 e. The van der Waals surface area contributed by atoms with E-state index in [1.807, 2.05) is 43.3 Å². The molecule has 0 bridgehead atoms. The molecule has 0 atom stereocenters. The van der Waals surface area contributed by atoms with Gasteiger partial charge in [-0.15, -0.1) is 0 Å². The predicted octanol–water partition coefficient (Wildman–Crippen LogP) is 8.04. The van der Waals surface area contributed by atoms with Crippen LogP contribution >= 0.6 is 23.2 Å². The molecule has 5 aromatic carbocycles. The third-order valence-electron chi connectivity index (χ3n) is 6.84. The number of hydrogen-bond donors (Lipinski definition) is 1. The highest BCUT2D eigenvalue weighted by atomic mass is 35.5. The third-order valence-corrected chi connectivity index (χ3v) is 9.12. The van der Waals surface area contributed by atoms with Crippen molar-refractivity contribution >= 4 is 51.0 Å². The molecule has 0 aromatic heterocycles. The van der Waals surface area contributed by atoms with Gasteiger partial charge in [-0.2, -0.15) is 5.10 Å². The number of aryl methyl sites for hydroxylation is 1. The van der Waals surface area contributed by atoms with Crippen LogP contribution in [0.15, 0.2) is 131 Å². The molecule has 7 nitrogen and oxygen atoms in total. The lowest BCUT2D eigenvalue weighted by molar-refractivity contribution is 0.0955. The smallest absolute Gasteiger partial charge is 0.273 e. The molecule has 0 aliphatic heterocycles. The number of anilines is 1. The number of ether oxygens (including phenoxy) is 1. The summed E-state index contributed by atoms with van der Waals surface area (Å²) < 4.78 is 35.0. The van der Waals surface area contributed by atoms with Crippen molar-refractivity contribution in [2.45, 2.75) is 25.0 Å². The fourth-order valence-electron chi connectivity index (χ4n) is 4.40. The summed E-state index contributed by atoms with van der Waals surface area (Å²) >= 11 is 12.0. The third kappa shape index (κ3) is 8.30. The van der Waals surface area contributed by atoms with Gasteiger partial charge in [-0.3, -0.25) is 9.10 Å². The highest BCUT2D eigenvalue weighted by Gasteiger charge is 2.28. The number of sulfonamides is 1. The van der Waals surface area contributed by atoms with E-state index in [4.69, 9.17) is 27.9 Å². The number of hydrogen-bond acceptors (Lipinski definition) is 5. The molecule has 0 fully saturated rings. The topological polar surface area (TPSA) is 88.1 Å². The van der Waals surface area contributed by atoms with Crippen LogP contribution in [0.4, 0.5) is 5.69 Å². The van der Waals surface area contributed by atoms with Crippen molar-refractivity contribution in [1.82, 2.24) is 5.43 Å². The van der Waals surface area contributed by atoms with Crippen LogP contribution in [0.25, 0.3) is 0 Å². The largest absolute Gasteiger partial charge is 0.489 e. The Labute approximate surface area is 272 Å². The van der Waals surface area contributed by atoms with Crippen molar-refractivity contribution in [2.24, 2.45) is 5.10 Å². The molecule has 5 aromatic rings. The Bertz CT molecular complexity index is 1900. The fourth-order valence-corrected chi connectivity index (χ4v) is 6.12. The Morgan fingerprint density at radius 1 is 0.800 bits per heavy atom. The van der Waals surface area contributed by atoms with Crippen LogP contribution in [-0.2, 0) is 23.2 Å². The molecular formula is C35H29Cl2N3O4S. The van der Waals surface area contributed by atoms with Gasteiger partial charge in [0.05, 0.1) is 28.9 Å². The summed E-state index contributed by atoms with van der Waals surface area (Å²) in [5.74, 6) is 0.112. The Hall–Kier alpha value is -4.63. The number of rotatable bonds is 11. The number of nitrogens with zero attached hydrogens (tertiary/aromatic N) is 2. The van der Waals surface area contributed by atoms with Gasteiger partial charge in [0.25, 0.3) is 15.9 Å². The molecule has 0 saturated heterocycles. The molecule has 5 rings (SSSR count). The van der Waals surface area contributed by atoms with Crippen LogP contribution in [-0.4, -0.2) is 20.5 Å². The second kappa shape index (κ2) is 14.4. The van der Waals surface area contributed by atoms with Crippen molar-refractivity contribution in [3.05, 3.63) is 159 Å². The van der Waals surface area contributed by atoms with Crippen molar-refractivity contribution in [3.63, 3.8) is 0 Å². The second-order valence-electron chi connectivity index (χ2n) is 10.2. The molecule has 0 aliphatic carbocycles. The zero-order chi connectivity index (χ0) is 31.8. The fraction of sp³-hybridized carbons (Fsp3) is 0.0857. The van der Waals surface area contributed by atoms with Crippen molar-refractivity contribution < 1.29 is 17.9 Å². The molecular weight excluding hydrogens is 629 g/mol. The standard InChI is InChI=1S/C35H29Cl2N3O4S/c1-25-6-20-32(21-7-25)45(42,43)40(23-27-8-14-29(36)15-9-27)34-5-3-2-4-33(34)35(41)39-38-22-26-12-18-31(19-13-26)44-24-28-10-16-30(37)17-11-28/h2-22H,23-24H2,1H3,(H,39,41)/b38-22-. The van der Waals surface area contributed by atoms with E-state index in [1.54, 1.807) is 84.9 Å². The van der Waals surface area contributed by atoms with E-state index in [-0.39, 0.29) is 22.7 Å². The predicted molar refractivity (Wildman–Crippen MR) is 180 cm³/mol. The number of carbonyl (C=O) groups is 1. The number of nitrogens with one attached hydrogen (secondary N) is 1. The van der Waals surface area contributed by atoms with Crippen LogP contribution in [0.1, 0.15) is 32.6 Å². The van der Waals surface area contributed by atoms with E-state index in [0.717, 1.165) is 16.7 Å². The highest BCUT2D eigenvalue weighted by Crippen LogP contribution is 2.30. The first-order valence-corrected chi connectivity index (χ1v) is 16.1. The average Bonchev–Trinajstić information content (AvgIpc) is 3.05. The zero-order valence-electron chi connectivity index (χ0n) is 24.2. The number of halogens is 2. The lowest BCUT2D eigenvalue weighted by Crippen LogP contribution is -2.33. The van der Waals surface area contributed by atoms with Crippen LogP contribution in [0, 0.1) is 6.92 Å². The highest BCUT2D eigenvalue weighted by molar-refractivity contribution is 7.92. The van der Waals surface area contributed by atoms with Gasteiger partial charge < -0.3 is 4.74 Å². The van der Waals surface area contributed by atoms with Crippen molar-refractivity contribution in [2.75, 3.05) is 4.31 Å². The summed E-state index contributed by atoms with van der Waals surface area (Å²) in [6, 6.07) is 34.6. The van der Waals surface area contributed by atoms with Crippen LogP contribution in [0.2, 0.25) is 10.0 Å². The van der Waals surface area contributed by atoms with Crippen LogP contribution < -0.4 is 14.5 Å². The minimum absolute atomic E-state index is 0.0205. The first-order chi connectivity index (χ1) is 21.7. The summed E-state index contributed by atoms with van der Waals surface area (Å²) in [4.78, 5) is 13.5. The first kappa shape index (κ1) is 31.8. The summed E-state index contributed by atoms with van der Waals surface area (Å²) in [5, 5.41) is 5.31. The molecule has 0 spiro atoms. The van der Waals surface area contributed by atoms with Gasteiger partial charge in [0.2, 0.25) is 0 Å². The Morgan fingerprint density at radius 3 is 2.04 bits per heavy atom. The lowest BCUT2D eigenvalue weighted by atomic mass is 10.1. The molecule has 1 amide bonds. The molecule has 10 heteroatoms. The van der Waals surface area contributed by atoms with E-state index in [0.29, 0.717) is 28.0 Å². The maximum absolute atomic E-state index is 14.0. The van der Waals surface area contributed by atoms with Gasteiger partial charge in [-0.05, 0) is 96.4 Å². The van der Waals surface area contributed by atoms with Gasteiger partial charge in [0, 0.05) is 10.0 Å². The SMILES string of the molecule is Cc1ccc(S(=O)(=O)N(Cc2ccc(Cl)cc2)c2ccccc2C(=O)N/N=C\c2ccc(OCc3ccc(Cl)cc3)cc2)cc1.